The number of amides is 1. The zero-order chi connectivity index (χ0) is 19.3. The Balaban J connectivity index is 2.01. The second-order valence-corrected chi connectivity index (χ2v) is 6.43. The van der Waals surface area contributed by atoms with Crippen LogP contribution in [-0.4, -0.2) is 54.1 Å². The molecule has 2 N–H and O–H groups in total. The number of rotatable bonds is 5. The third-order valence-electron chi connectivity index (χ3n) is 4.63. The minimum atomic E-state index is -1.14. The minimum Gasteiger partial charge on any atom is -0.480 e. The van der Waals surface area contributed by atoms with E-state index in [1.807, 2.05) is 17.0 Å². The number of carboxylic acid groups (broad SMARTS) is 1. The summed E-state index contributed by atoms with van der Waals surface area (Å²) in [7, 11) is 0. The zero-order valence-corrected chi connectivity index (χ0v) is 15.3. The molecule has 26 heavy (non-hydrogen) atoms. The largest absolute Gasteiger partial charge is 0.480 e. The Morgan fingerprint density at radius 1 is 1.27 bits per heavy atom. The second-order valence-electron chi connectivity index (χ2n) is 6.43. The molecule has 1 heterocycles. The van der Waals surface area contributed by atoms with Crippen LogP contribution in [0, 0.1) is 25.2 Å². The van der Waals surface area contributed by atoms with Crippen molar-refractivity contribution < 1.29 is 14.7 Å². The van der Waals surface area contributed by atoms with E-state index in [-0.39, 0.29) is 5.57 Å². The average molecular weight is 356 g/mol. The van der Waals surface area contributed by atoms with E-state index in [0.29, 0.717) is 13.1 Å². The first-order chi connectivity index (χ1) is 12.3. The summed E-state index contributed by atoms with van der Waals surface area (Å²) >= 11 is 0. The van der Waals surface area contributed by atoms with Crippen molar-refractivity contribution in [2.75, 3.05) is 31.1 Å². The molecule has 1 saturated heterocycles. The predicted molar refractivity (Wildman–Crippen MR) is 98.6 cm³/mol. The van der Waals surface area contributed by atoms with Gasteiger partial charge in [-0.2, -0.15) is 5.26 Å². The Morgan fingerprint density at radius 3 is 2.50 bits per heavy atom. The number of hydrogen-bond acceptors (Lipinski definition) is 5. The van der Waals surface area contributed by atoms with Gasteiger partial charge in [-0.25, -0.2) is 0 Å². The molecule has 138 valence electrons. The number of aliphatic carboxylic acids is 1. The van der Waals surface area contributed by atoms with Gasteiger partial charge in [0.05, 0.1) is 0 Å². The van der Waals surface area contributed by atoms with E-state index in [1.165, 1.54) is 29.9 Å². The van der Waals surface area contributed by atoms with E-state index in [9.17, 15) is 14.9 Å². The number of hydrogen-bond donors (Lipinski definition) is 2. The highest BCUT2D eigenvalue weighted by Crippen LogP contribution is 2.24. The van der Waals surface area contributed by atoms with Crippen molar-refractivity contribution in [3.05, 3.63) is 41.1 Å². The van der Waals surface area contributed by atoms with Crippen LogP contribution in [0.25, 0.3) is 0 Å². The maximum Gasteiger partial charge on any atom is 0.325 e. The molecule has 1 aliphatic heterocycles. The maximum absolute atomic E-state index is 12.0. The molecular weight excluding hydrogens is 332 g/mol. The molecule has 0 bridgehead atoms. The molecule has 0 radical (unpaired) electrons. The van der Waals surface area contributed by atoms with Crippen LogP contribution in [-0.2, 0) is 9.59 Å². The van der Waals surface area contributed by atoms with Gasteiger partial charge in [0.25, 0.3) is 5.91 Å². The van der Waals surface area contributed by atoms with Gasteiger partial charge >= 0.3 is 5.97 Å². The SMILES string of the molecule is Cc1cccc(N2CCN(/C=C(/C#N)C(=O)NC(C)C(=O)O)CC2)c1C. The van der Waals surface area contributed by atoms with E-state index in [0.717, 1.165) is 13.1 Å². The summed E-state index contributed by atoms with van der Waals surface area (Å²) in [4.78, 5) is 27.1. The van der Waals surface area contributed by atoms with Crippen LogP contribution in [0.5, 0.6) is 0 Å². The van der Waals surface area contributed by atoms with Crippen LogP contribution < -0.4 is 10.2 Å². The lowest BCUT2D eigenvalue weighted by Crippen LogP contribution is -2.45. The number of anilines is 1. The molecule has 1 fully saturated rings. The van der Waals surface area contributed by atoms with E-state index in [2.05, 4.69) is 36.2 Å². The van der Waals surface area contributed by atoms with Crippen molar-refractivity contribution >= 4 is 17.6 Å². The van der Waals surface area contributed by atoms with Gasteiger partial charge in [-0.3, -0.25) is 9.59 Å². The van der Waals surface area contributed by atoms with Crippen LogP contribution in [0.4, 0.5) is 5.69 Å². The Labute approximate surface area is 153 Å². The van der Waals surface area contributed by atoms with Crippen LogP contribution in [0.15, 0.2) is 30.0 Å². The van der Waals surface area contributed by atoms with Gasteiger partial charge in [0.2, 0.25) is 0 Å². The molecule has 7 heteroatoms. The molecule has 0 aliphatic carbocycles. The number of piperazine rings is 1. The minimum absolute atomic E-state index is 0.0849. The topological polar surface area (TPSA) is 96.7 Å². The summed E-state index contributed by atoms with van der Waals surface area (Å²) in [6.07, 6.45) is 1.52. The quantitative estimate of drug-likeness (QED) is 0.612. The molecule has 1 amide bonds. The van der Waals surface area contributed by atoms with Gasteiger partial charge in [-0.1, -0.05) is 12.1 Å². The molecule has 1 aromatic carbocycles. The summed E-state index contributed by atoms with van der Waals surface area (Å²) in [6, 6.07) is 7.06. The van der Waals surface area contributed by atoms with E-state index < -0.39 is 17.9 Å². The molecular formula is C19H24N4O3. The number of carbonyl (C=O) groups is 2. The van der Waals surface area contributed by atoms with Gasteiger partial charge in [-0.05, 0) is 38.0 Å². The smallest absolute Gasteiger partial charge is 0.325 e. The molecule has 1 unspecified atom stereocenters. The lowest BCUT2D eigenvalue weighted by atomic mass is 10.1. The number of nitriles is 1. The number of benzene rings is 1. The summed E-state index contributed by atoms with van der Waals surface area (Å²) < 4.78 is 0. The van der Waals surface area contributed by atoms with Crippen LogP contribution in [0.3, 0.4) is 0 Å². The fraction of sp³-hybridized carbons (Fsp3) is 0.421. The third kappa shape index (κ3) is 4.54. The lowest BCUT2D eigenvalue weighted by Gasteiger charge is -2.36. The van der Waals surface area contributed by atoms with Crippen LogP contribution in [0.1, 0.15) is 18.1 Å². The van der Waals surface area contributed by atoms with Gasteiger partial charge in [0, 0.05) is 38.1 Å². The fourth-order valence-electron chi connectivity index (χ4n) is 2.83. The summed E-state index contributed by atoms with van der Waals surface area (Å²) in [5.74, 6) is -1.81. The number of carbonyl (C=O) groups excluding carboxylic acids is 1. The molecule has 2 rings (SSSR count). The first-order valence-electron chi connectivity index (χ1n) is 8.54. The summed E-state index contributed by atoms with van der Waals surface area (Å²) in [5.41, 5.74) is 3.64. The molecule has 0 aromatic heterocycles. The van der Waals surface area contributed by atoms with Crippen LogP contribution in [0.2, 0.25) is 0 Å². The van der Waals surface area contributed by atoms with Gasteiger partial charge < -0.3 is 20.2 Å². The monoisotopic (exact) mass is 356 g/mol. The normalized spacial score (nSPS) is 16.0. The highest BCUT2D eigenvalue weighted by molar-refractivity contribution is 5.99. The highest BCUT2D eigenvalue weighted by atomic mass is 16.4. The number of aryl methyl sites for hydroxylation is 1. The van der Waals surface area contributed by atoms with E-state index >= 15 is 0 Å². The standard InChI is InChI=1S/C19H24N4O3/c1-13-5-4-6-17(14(13)2)23-9-7-22(8-10-23)12-16(11-20)18(24)21-15(3)19(25)26/h4-6,12,15H,7-10H2,1-3H3,(H,21,24)(H,25,26)/b16-12-. The second kappa shape index (κ2) is 8.39. The van der Waals surface area contributed by atoms with Crippen molar-refractivity contribution in [3.63, 3.8) is 0 Å². The Morgan fingerprint density at radius 2 is 1.92 bits per heavy atom. The van der Waals surface area contributed by atoms with Gasteiger partial charge in [0.15, 0.2) is 0 Å². The van der Waals surface area contributed by atoms with Gasteiger partial charge in [0.1, 0.15) is 17.7 Å². The Hall–Kier alpha value is -3.01. The fourth-order valence-corrected chi connectivity index (χ4v) is 2.83. The first kappa shape index (κ1) is 19.3. The van der Waals surface area contributed by atoms with Crippen LogP contribution >= 0.6 is 0 Å². The summed E-state index contributed by atoms with van der Waals surface area (Å²) in [6.45, 7) is 8.49. The first-order valence-corrected chi connectivity index (χ1v) is 8.54. The zero-order valence-electron chi connectivity index (χ0n) is 15.3. The van der Waals surface area contributed by atoms with Gasteiger partial charge in [-0.15, -0.1) is 0 Å². The van der Waals surface area contributed by atoms with E-state index in [1.54, 1.807) is 0 Å². The Bertz CT molecular complexity index is 759. The van der Waals surface area contributed by atoms with Crippen molar-refractivity contribution in [3.8, 4) is 6.07 Å². The van der Waals surface area contributed by atoms with Crippen molar-refractivity contribution in [1.29, 1.82) is 5.26 Å². The molecule has 7 nitrogen and oxygen atoms in total. The molecule has 0 saturated carbocycles. The lowest BCUT2D eigenvalue weighted by molar-refractivity contribution is -0.140. The maximum atomic E-state index is 12.0. The number of nitrogens with zero attached hydrogens (tertiary/aromatic N) is 3. The molecule has 0 spiro atoms. The van der Waals surface area contributed by atoms with Crippen molar-refractivity contribution in [1.82, 2.24) is 10.2 Å². The third-order valence-corrected chi connectivity index (χ3v) is 4.63. The predicted octanol–water partition coefficient (Wildman–Crippen LogP) is 1.42. The van der Waals surface area contributed by atoms with Crippen molar-refractivity contribution in [2.45, 2.75) is 26.8 Å². The molecule has 1 aliphatic rings. The number of carboxylic acids is 1. The highest BCUT2D eigenvalue weighted by Gasteiger charge is 2.21. The average Bonchev–Trinajstić information content (AvgIpc) is 2.62. The number of nitrogens with one attached hydrogen (secondary N) is 1. The summed E-state index contributed by atoms with van der Waals surface area (Å²) in [5, 5.41) is 20.4. The Kier molecular flexibility index (Phi) is 6.23. The van der Waals surface area contributed by atoms with Crippen molar-refractivity contribution in [2.24, 2.45) is 0 Å². The molecule has 1 atom stereocenters. The van der Waals surface area contributed by atoms with E-state index in [4.69, 9.17) is 5.11 Å². The molecule has 1 aromatic rings.